The van der Waals surface area contributed by atoms with E-state index >= 15 is 0 Å². The Kier molecular flexibility index (Phi) is 5.07. The third-order valence-electron chi connectivity index (χ3n) is 3.15. The van der Waals surface area contributed by atoms with Crippen molar-refractivity contribution in [3.63, 3.8) is 0 Å². The van der Waals surface area contributed by atoms with Gasteiger partial charge in [0.05, 0.1) is 16.1 Å². The summed E-state index contributed by atoms with van der Waals surface area (Å²) in [5, 5.41) is 10.9. The summed E-state index contributed by atoms with van der Waals surface area (Å²) < 4.78 is 0.582. The molecule has 8 heteroatoms. The Balaban J connectivity index is 2.12. The predicted octanol–water partition coefficient (Wildman–Crippen LogP) is 2.74. The number of nitrogens with one attached hydrogen (secondary N) is 2. The maximum absolute atomic E-state index is 12.1. The van der Waals surface area contributed by atoms with Crippen LogP contribution in [-0.4, -0.2) is 16.7 Å². The van der Waals surface area contributed by atoms with E-state index in [2.05, 4.69) is 26.8 Å². The van der Waals surface area contributed by atoms with Gasteiger partial charge in [0.1, 0.15) is 0 Å². The average molecular weight is 378 g/mol. The summed E-state index contributed by atoms with van der Waals surface area (Å²) in [5.74, 6) is -1.14. The second kappa shape index (κ2) is 7.01. The molecule has 2 N–H and O–H groups in total. The Hall–Kier alpha value is -2.74. The fourth-order valence-electron chi connectivity index (χ4n) is 1.96. The zero-order chi connectivity index (χ0) is 17.0. The third kappa shape index (κ3) is 3.72. The molecule has 0 aromatic heterocycles. The normalized spacial score (nSPS) is 10.0. The number of nitro groups is 1. The minimum Gasteiger partial charge on any atom is -0.267 e. The molecule has 2 rings (SSSR count). The molecule has 0 saturated carbocycles. The van der Waals surface area contributed by atoms with Crippen LogP contribution in [0.5, 0.6) is 0 Å². The summed E-state index contributed by atoms with van der Waals surface area (Å²) in [6, 6.07) is 10.9. The van der Waals surface area contributed by atoms with E-state index < -0.39 is 16.7 Å². The highest BCUT2D eigenvalue weighted by Gasteiger charge is 2.18. The molecule has 0 unspecified atom stereocenters. The van der Waals surface area contributed by atoms with Crippen LogP contribution in [0.3, 0.4) is 0 Å². The Morgan fingerprint density at radius 2 is 1.57 bits per heavy atom. The minimum atomic E-state index is -0.633. The van der Waals surface area contributed by atoms with Crippen LogP contribution in [0, 0.1) is 17.0 Å². The fraction of sp³-hybridized carbons (Fsp3) is 0.0667. The van der Waals surface area contributed by atoms with E-state index in [9.17, 15) is 19.7 Å². The van der Waals surface area contributed by atoms with Gasteiger partial charge in [0.15, 0.2) is 0 Å². The second-order valence-electron chi connectivity index (χ2n) is 4.59. The average Bonchev–Trinajstić information content (AvgIpc) is 2.52. The Morgan fingerprint density at radius 3 is 2.17 bits per heavy atom. The van der Waals surface area contributed by atoms with Gasteiger partial charge in [-0.15, -0.1) is 0 Å². The predicted molar refractivity (Wildman–Crippen MR) is 86.9 cm³/mol. The lowest BCUT2D eigenvalue weighted by Crippen LogP contribution is -2.42. The first-order chi connectivity index (χ1) is 10.9. The number of hydrogen-bond donors (Lipinski definition) is 2. The molecule has 0 bridgehead atoms. The largest absolute Gasteiger partial charge is 0.273 e. The minimum absolute atomic E-state index is 0.117. The van der Waals surface area contributed by atoms with Gasteiger partial charge in [-0.05, 0) is 41.1 Å². The number of carbonyl (C=O) groups excluding carboxylic acids is 2. The second-order valence-corrected chi connectivity index (χ2v) is 5.45. The van der Waals surface area contributed by atoms with Gasteiger partial charge >= 0.3 is 0 Å². The molecule has 118 valence electrons. The molecule has 0 saturated heterocycles. The van der Waals surface area contributed by atoms with Gasteiger partial charge in [-0.25, -0.2) is 0 Å². The molecule has 2 aromatic carbocycles. The van der Waals surface area contributed by atoms with E-state index in [1.165, 1.54) is 25.1 Å². The zero-order valence-electron chi connectivity index (χ0n) is 12.0. The molecule has 0 aliphatic carbocycles. The van der Waals surface area contributed by atoms with Crippen molar-refractivity contribution in [3.8, 4) is 0 Å². The molecule has 0 aliphatic rings. The van der Waals surface area contributed by atoms with Crippen molar-refractivity contribution in [1.29, 1.82) is 0 Å². The van der Waals surface area contributed by atoms with Gasteiger partial charge in [-0.1, -0.05) is 18.2 Å². The van der Waals surface area contributed by atoms with Gasteiger partial charge < -0.3 is 0 Å². The lowest BCUT2D eigenvalue weighted by atomic mass is 10.1. The number of amides is 2. The van der Waals surface area contributed by atoms with Crippen molar-refractivity contribution in [2.24, 2.45) is 0 Å². The quantitative estimate of drug-likeness (QED) is 0.633. The number of carbonyl (C=O) groups is 2. The summed E-state index contributed by atoms with van der Waals surface area (Å²) in [5.41, 5.74) is 5.06. The number of nitro benzene ring substituents is 1. The van der Waals surface area contributed by atoms with E-state index in [1.54, 1.807) is 24.3 Å². The first-order valence-corrected chi connectivity index (χ1v) is 7.30. The summed E-state index contributed by atoms with van der Waals surface area (Å²) in [6.07, 6.45) is 0. The smallest absolute Gasteiger partial charge is 0.267 e. The van der Waals surface area contributed by atoms with Crippen LogP contribution in [0.2, 0.25) is 0 Å². The van der Waals surface area contributed by atoms with Crippen LogP contribution in [0.1, 0.15) is 26.3 Å². The number of benzene rings is 2. The highest BCUT2D eigenvalue weighted by atomic mass is 79.9. The highest BCUT2D eigenvalue weighted by Crippen LogP contribution is 2.21. The van der Waals surface area contributed by atoms with Crippen molar-refractivity contribution in [2.75, 3.05) is 0 Å². The molecule has 0 radical (unpaired) electrons. The van der Waals surface area contributed by atoms with E-state index in [0.29, 0.717) is 10.0 Å². The van der Waals surface area contributed by atoms with Crippen molar-refractivity contribution < 1.29 is 14.5 Å². The van der Waals surface area contributed by atoms with E-state index in [1.807, 2.05) is 0 Å². The van der Waals surface area contributed by atoms with Crippen LogP contribution < -0.4 is 10.9 Å². The Labute approximate surface area is 139 Å². The lowest BCUT2D eigenvalue weighted by molar-refractivity contribution is -0.385. The molecule has 23 heavy (non-hydrogen) atoms. The number of rotatable bonds is 3. The Morgan fingerprint density at radius 1 is 1.00 bits per heavy atom. The maximum Gasteiger partial charge on any atom is 0.273 e. The molecule has 0 atom stereocenters. The molecular formula is C15H12BrN3O4. The van der Waals surface area contributed by atoms with E-state index in [-0.39, 0.29) is 16.8 Å². The van der Waals surface area contributed by atoms with Crippen LogP contribution in [0.25, 0.3) is 0 Å². The molecule has 7 nitrogen and oxygen atoms in total. The van der Waals surface area contributed by atoms with Crippen molar-refractivity contribution >= 4 is 33.4 Å². The molecule has 2 aromatic rings. The fourth-order valence-corrected chi connectivity index (χ4v) is 2.43. The molecule has 2 amide bonds. The number of nitrogens with zero attached hydrogens (tertiary/aromatic N) is 1. The monoisotopic (exact) mass is 377 g/mol. The maximum atomic E-state index is 12.1. The summed E-state index contributed by atoms with van der Waals surface area (Å²) in [6.45, 7) is 1.47. The van der Waals surface area contributed by atoms with Crippen molar-refractivity contribution in [1.82, 2.24) is 10.9 Å². The molecule has 0 aliphatic heterocycles. The first-order valence-electron chi connectivity index (χ1n) is 6.51. The van der Waals surface area contributed by atoms with Gasteiger partial charge in [-0.2, -0.15) is 0 Å². The topological polar surface area (TPSA) is 101 Å². The van der Waals surface area contributed by atoms with E-state index in [4.69, 9.17) is 0 Å². The van der Waals surface area contributed by atoms with Crippen LogP contribution in [0.15, 0.2) is 46.9 Å². The van der Waals surface area contributed by atoms with Crippen molar-refractivity contribution in [2.45, 2.75) is 6.92 Å². The van der Waals surface area contributed by atoms with Crippen LogP contribution in [-0.2, 0) is 0 Å². The van der Waals surface area contributed by atoms with Crippen LogP contribution in [0.4, 0.5) is 5.69 Å². The summed E-state index contributed by atoms with van der Waals surface area (Å²) >= 11 is 3.24. The van der Waals surface area contributed by atoms with Gasteiger partial charge in [-0.3, -0.25) is 30.6 Å². The lowest BCUT2D eigenvalue weighted by Gasteiger charge is -2.10. The molecule has 0 fully saturated rings. The summed E-state index contributed by atoms with van der Waals surface area (Å²) in [4.78, 5) is 34.4. The van der Waals surface area contributed by atoms with E-state index in [0.717, 1.165) is 0 Å². The summed E-state index contributed by atoms with van der Waals surface area (Å²) in [7, 11) is 0. The van der Waals surface area contributed by atoms with Gasteiger partial charge in [0, 0.05) is 16.1 Å². The molecule has 0 spiro atoms. The van der Waals surface area contributed by atoms with Gasteiger partial charge in [0.25, 0.3) is 17.5 Å². The Bertz CT molecular complexity index is 792. The van der Waals surface area contributed by atoms with Crippen LogP contribution >= 0.6 is 15.9 Å². The molecule has 0 heterocycles. The third-order valence-corrected chi connectivity index (χ3v) is 3.85. The highest BCUT2D eigenvalue weighted by molar-refractivity contribution is 9.10. The number of hydrazine groups is 1. The number of halogens is 1. The zero-order valence-corrected chi connectivity index (χ0v) is 13.6. The van der Waals surface area contributed by atoms with Crippen molar-refractivity contribution in [3.05, 3.63) is 73.7 Å². The first kappa shape index (κ1) is 16.6. The molecular weight excluding hydrogens is 366 g/mol. The number of hydrogen-bond acceptors (Lipinski definition) is 4. The SMILES string of the molecule is Cc1c(C(=O)NNC(=O)c2ccccc2Br)cccc1[N+](=O)[O-]. The standard InChI is InChI=1S/C15H12BrN3O4/c1-9-10(6-4-8-13(9)19(22)23)14(20)17-18-15(21)11-5-2-3-7-12(11)16/h2-8H,1H3,(H,17,20)(H,18,21). The van der Waals surface area contributed by atoms with Gasteiger partial charge in [0.2, 0.25) is 0 Å².